The van der Waals surface area contributed by atoms with Crippen molar-refractivity contribution in [2.24, 2.45) is 0 Å². The molecule has 1 unspecified atom stereocenters. The summed E-state index contributed by atoms with van der Waals surface area (Å²) < 4.78 is 16.8. The van der Waals surface area contributed by atoms with E-state index in [1.807, 2.05) is 0 Å². The van der Waals surface area contributed by atoms with Crippen LogP contribution in [-0.2, 0) is 28.6 Å². The van der Waals surface area contributed by atoms with Crippen molar-refractivity contribution >= 4 is 17.9 Å². The highest BCUT2D eigenvalue weighted by Crippen LogP contribution is 2.15. The maximum absolute atomic E-state index is 12.8. The molecule has 0 N–H and O–H groups in total. The van der Waals surface area contributed by atoms with Crippen LogP contribution in [-0.4, -0.2) is 37.2 Å². The number of hydrogen-bond donors (Lipinski definition) is 0. The smallest absolute Gasteiger partial charge is 0.306 e. The first kappa shape index (κ1) is 67.3. The molecule has 0 radical (unpaired) electrons. The Morgan fingerprint density at radius 2 is 0.549 bits per heavy atom. The van der Waals surface area contributed by atoms with E-state index in [9.17, 15) is 14.4 Å². The molecule has 0 aliphatic carbocycles. The van der Waals surface area contributed by atoms with Gasteiger partial charge in [-0.1, -0.05) is 253 Å². The lowest BCUT2D eigenvalue weighted by Gasteiger charge is -2.18. The van der Waals surface area contributed by atoms with Crippen LogP contribution in [0.4, 0.5) is 0 Å². The molecule has 0 saturated carbocycles. The molecule has 0 bridgehead atoms. The third kappa shape index (κ3) is 57.1. The monoisotopic (exact) mass is 987 g/mol. The second kappa shape index (κ2) is 58.9. The number of allylic oxidation sites excluding steroid dienone is 16. The van der Waals surface area contributed by atoms with Gasteiger partial charge in [0.05, 0.1) is 0 Å². The predicted molar refractivity (Wildman–Crippen MR) is 307 cm³/mol. The maximum atomic E-state index is 12.8. The van der Waals surface area contributed by atoms with Crippen LogP contribution in [0.15, 0.2) is 97.2 Å². The predicted octanol–water partition coefficient (Wildman–Crippen LogP) is 20.1. The van der Waals surface area contributed by atoms with Crippen molar-refractivity contribution in [3.63, 3.8) is 0 Å². The lowest BCUT2D eigenvalue weighted by molar-refractivity contribution is -0.167. The fourth-order valence-corrected chi connectivity index (χ4v) is 8.12. The first-order valence-electron chi connectivity index (χ1n) is 29.7. The average molecular weight is 988 g/mol. The normalized spacial score (nSPS) is 12.8. The molecule has 6 nitrogen and oxygen atoms in total. The van der Waals surface area contributed by atoms with Gasteiger partial charge in [0.2, 0.25) is 0 Å². The zero-order valence-corrected chi connectivity index (χ0v) is 46.5. The number of carbonyl (C=O) groups excluding carboxylic acids is 3. The van der Waals surface area contributed by atoms with E-state index in [2.05, 4.69) is 118 Å². The molecule has 1 atom stereocenters. The first-order valence-corrected chi connectivity index (χ1v) is 29.7. The van der Waals surface area contributed by atoms with Crippen LogP contribution < -0.4 is 0 Å². The fourth-order valence-electron chi connectivity index (χ4n) is 8.12. The molecule has 0 aromatic carbocycles. The summed E-state index contributed by atoms with van der Waals surface area (Å²) in [7, 11) is 0. The van der Waals surface area contributed by atoms with Crippen LogP contribution in [0.25, 0.3) is 0 Å². The van der Waals surface area contributed by atoms with Gasteiger partial charge < -0.3 is 14.2 Å². The molecule has 6 heteroatoms. The van der Waals surface area contributed by atoms with Crippen molar-refractivity contribution < 1.29 is 28.6 Å². The van der Waals surface area contributed by atoms with Crippen molar-refractivity contribution in [1.29, 1.82) is 0 Å². The van der Waals surface area contributed by atoms with Crippen LogP contribution in [0.5, 0.6) is 0 Å². The van der Waals surface area contributed by atoms with E-state index in [4.69, 9.17) is 14.2 Å². The van der Waals surface area contributed by atoms with Gasteiger partial charge >= 0.3 is 17.9 Å². The van der Waals surface area contributed by atoms with Gasteiger partial charge in [-0.05, 0) is 103 Å². The highest BCUT2D eigenvalue weighted by atomic mass is 16.6. The van der Waals surface area contributed by atoms with Crippen LogP contribution in [0.1, 0.15) is 278 Å². The molecule has 71 heavy (non-hydrogen) atoms. The second-order valence-corrected chi connectivity index (χ2v) is 19.5. The van der Waals surface area contributed by atoms with E-state index >= 15 is 0 Å². The number of hydrogen-bond acceptors (Lipinski definition) is 6. The van der Waals surface area contributed by atoms with Crippen molar-refractivity contribution in [2.45, 2.75) is 284 Å². The molecule has 0 saturated heterocycles. The maximum Gasteiger partial charge on any atom is 0.306 e. The molecule has 0 fully saturated rings. The summed E-state index contributed by atoms with van der Waals surface area (Å²) in [6.45, 7) is 6.45. The van der Waals surface area contributed by atoms with Crippen molar-refractivity contribution in [2.75, 3.05) is 13.2 Å². The summed E-state index contributed by atoms with van der Waals surface area (Å²) in [5.74, 6) is -0.942. The molecule has 0 amide bonds. The summed E-state index contributed by atoms with van der Waals surface area (Å²) >= 11 is 0. The Bertz CT molecular complexity index is 1410. The minimum Gasteiger partial charge on any atom is -0.462 e. The molecule has 0 heterocycles. The second-order valence-electron chi connectivity index (χ2n) is 19.5. The minimum atomic E-state index is -0.799. The lowest BCUT2D eigenvalue weighted by atomic mass is 10.0. The van der Waals surface area contributed by atoms with E-state index in [0.29, 0.717) is 19.3 Å². The Labute approximate surface area is 438 Å². The minimum absolute atomic E-state index is 0.0946. The molecular formula is C65H110O6. The van der Waals surface area contributed by atoms with Gasteiger partial charge in [0, 0.05) is 19.3 Å². The molecule has 406 valence electrons. The van der Waals surface area contributed by atoms with E-state index < -0.39 is 6.10 Å². The Morgan fingerprint density at radius 3 is 0.887 bits per heavy atom. The van der Waals surface area contributed by atoms with Crippen LogP contribution in [0.3, 0.4) is 0 Å². The number of esters is 3. The summed E-state index contributed by atoms with van der Waals surface area (Å²) in [6.07, 6.45) is 78.6. The molecule has 0 aromatic heterocycles. The average Bonchev–Trinajstić information content (AvgIpc) is 3.37. The van der Waals surface area contributed by atoms with Gasteiger partial charge in [-0.2, -0.15) is 0 Å². The summed E-state index contributed by atoms with van der Waals surface area (Å²) in [6, 6.07) is 0. The number of rotatable bonds is 53. The van der Waals surface area contributed by atoms with Crippen molar-refractivity contribution in [1.82, 2.24) is 0 Å². The van der Waals surface area contributed by atoms with Gasteiger partial charge in [-0.25, -0.2) is 0 Å². The molecule has 0 spiro atoms. The van der Waals surface area contributed by atoms with Gasteiger partial charge in [0.1, 0.15) is 13.2 Å². The largest absolute Gasteiger partial charge is 0.462 e. The third-order valence-electron chi connectivity index (χ3n) is 12.6. The van der Waals surface area contributed by atoms with Crippen LogP contribution in [0, 0.1) is 0 Å². The summed E-state index contributed by atoms with van der Waals surface area (Å²) in [4.78, 5) is 38.0. The Kier molecular flexibility index (Phi) is 55.9. The molecule has 0 aromatic rings. The highest BCUT2D eigenvalue weighted by molar-refractivity contribution is 5.71. The van der Waals surface area contributed by atoms with Crippen molar-refractivity contribution in [3.8, 4) is 0 Å². The van der Waals surface area contributed by atoms with Gasteiger partial charge in [-0.3, -0.25) is 14.4 Å². The lowest BCUT2D eigenvalue weighted by Crippen LogP contribution is -2.30. The zero-order chi connectivity index (χ0) is 51.4. The van der Waals surface area contributed by atoms with Gasteiger partial charge in [0.25, 0.3) is 0 Å². The number of ether oxygens (including phenoxy) is 3. The van der Waals surface area contributed by atoms with Gasteiger partial charge in [-0.15, -0.1) is 0 Å². The summed E-state index contributed by atoms with van der Waals surface area (Å²) in [5, 5.41) is 0. The zero-order valence-electron chi connectivity index (χ0n) is 46.5. The van der Waals surface area contributed by atoms with Crippen LogP contribution in [0.2, 0.25) is 0 Å². The SMILES string of the molecule is CC/C=C\C/C=C\C/C=C\C/C=C\C/C=C\C/C=C\CCCCC(=O)OC(COC(=O)CCCCCCCCC)COC(=O)CCCCCCCCCCCCCCC/C=C\C/C=C\CCCCCCC. The molecular weight excluding hydrogens is 877 g/mol. The van der Waals surface area contributed by atoms with E-state index in [0.717, 1.165) is 96.3 Å². The first-order chi connectivity index (χ1) is 35.0. The molecule has 0 aliphatic heterocycles. The van der Waals surface area contributed by atoms with E-state index in [1.165, 1.54) is 135 Å². The third-order valence-corrected chi connectivity index (χ3v) is 12.6. The topological polar surface area (TPSA) is 78.9 Å². The molecule has 0 aliphatic rings. The van der Waals surface area contributed by atoms with Crippen LogP contribution >= 0.6 is 0 Å². The summed E-state index contributed by atoms with van der Waals surface area (Å²) in [5.41, 5.74) is 0. The van der Waals surface area contributed by atoms with Crippen molar-refractivity contribution in [3.05, 3.63) is 97.2 Å². The van der Waals surface area contributed by atoms with E-state index in [1.54, 1.807) is 0 Å². The van der Waals surface area contributed by atoms with E-state index in [-0.39, 0.29) is 37.5 Å². The standard InChI is InChI=1S/C65H110O6/c1-4-7-10-13-16-18-20-22-24-26-28-30-31-32-33-35-36-38-40-42-44-46-49-52-55-58-64(67)70-61-62(60-69-63(66)57-54-51-48-15-12-9-6-3)71-65(68)59-56-53-50-47-45-43-41-39-37-34-29-27-25-23-21-19-17-14-11-8-5-2/h8,11,17,19-20,22-23,25-26,28-29,34,39,41,45,47,62H,4-7,9-10,12-16,18,21,24,27,30-33,35-38,40,42-44,46,48-61H2,1-3H3/b11-8-,19-17-,22-20-,25-23-,28-26-,34-29-,41-39-,47-45-. The fraction of sp³-hybridized carbons (Fsp3) is 0.708. The highest BCUT2D eigenvalue weighted by Gasteiger charge is 2.19. The Morgan fingerprint density at radius 1 is 0.296 bits per heavy atom. The van der Waals surface area contributed by atoms with Gasteiger partial charge in [0.15, 0.2) is 6.10 Å². The Balaban J connectivity index is 4.24. The molecule has 0 rings (SSSR count). The number of unbranched alkanes of at least 4 members (excludes halogenated alkanes) is 26. The Hall–Kier alpha value is -3.67. The number of carbonyl (C=O) groups is 3. The quantitative estimate of drug-likeness (QED) is 0.0261.